The Kier molecular flexibility index (Phi) is 6.86. The summed E-state index contributed by atoms with van der Waals surface area (Å²) in [7, 11) is 1.51. The molecule has 3 atom stereocenters. The normalized spacial score (nSPS) is 25.4. The Morgan fingerprint density at radius 2 is 2.06 bits per heavy atom. The van der Waals surface area contributed by atoms with Gasteiger partial charge in [0.05, 0.1) is 19.8 Å². The van der Waals surface area contributed by atoms with Gasteiger partial charge in [-0.25, -0.2) is 4.39 Å². The molecule has 0 bridgehead atoms. The van der Waals surface area contributed by atoms with E-state index in [1.807, 2.05) is 24.0 Å². The van der Waals surface area contributed by atoms with E-state index in [4.69, 9.17) is 14.9 Å². The molecule has 0 radical (unpaired) electrons. The Labute approximate surface area is 204 Å². The van der Waals surface area contributed by atoms with Gasteiger partial charge >= 0.3 is 6.01 Å². The monoisotopic (exact) mass is 484 g/mol. The number of aryl methyl sites for hydroxylation is 1. The minimum absolute atomic E-state index is 0.202. The predicted molar refractivity (Wildman–Crippen MR) is 132 cm³/mol. The van der Waals surface area contributed by atoms with Gasteiger partial charge in [0.1, 0.15) is 17.8 Å². The fourth-order valence-corrected chi connectivity index (χ4v) is 5.31. The Morgan fingerprint density at radius 3 is 2.71 bits per heavy atom. The summed E-state index contributed by atoms with van der Waals surface area (Å²) in [5.41, 5.74) is 3.32. The first-order valence-corrected chi connectivity index (χ1v) is 12.2. The number of nitrogens with zero attached hydrogens (tertiary/aromatic N) is 4. The molecule has 0 amide bonds. The van der Waals surface area contributed by atoms with Gasteiger partial charge in [-0.2, -0.15) is 9.97 Å². The fourth-order valence-electron chi connectivity index (χ4n) is 5.31. The van der Waals surface area contributed by atoms with Gasteiger partial charge in [0.15, 0.2) is 0 Å². The number of halogens is 1. The van der Waals surface area contributed by atoms with Crippen molar-refractivity contribution in [2.24, 2.45) is 0 Å². The number of aromatic nitrogens is 2. The minimum atomic E-state index is -0.967. The molecule has 1 aromatic carbocycles. The zero-order chi connectivity index (χ0) is 24.5. The standard InChI is InChI=1S/C25H33FN6O3/c1-15-7-16(10-27)22(28-23-9-24(30-25(29-23)34-2)32-11-18(33)12-32)8-20(15)19-3-5-31(13-21(19)26)17-4-6-35-14-17/h7-10,17-19,21,27,33H,3-6,11-14H2,1-2H3,(H,28,29,30). The Hall–Kier alpha value is -2.82. The van der Waals surface area contributed by atoms with Crippen molar-refractivity contribution < 1.29 is 19.0 Å². The molecule has 4 heterocycles. The molecule has 0 spiro atoms. The van der Waals surface area contributed by atoms with Crippen LogP contribution >= 0.6 is 0 Å². The second kappa shape index (κ2) is 10.0. The summed E-state index contributed by atoms with van der Waals surface area (Å²) in [4.78, 5) is 13.0. The number of methoxy groups -OCH3 is 1. The molecule has 188 valence electrons. The van der Waals surface area contributed by atoms with Crippen LogP contribution in [0, 0.1) is 12.3 Å². The summed E-state index contributed by atoms with van der Waals surface area (Å²) in [5, 5.41) is 20.9. The summed E-state index contributed by atoms with van der Waals surface area (Å²) in [6, 6.07) is 6.22. The lowest BCUT2D eigenvalue weighted by atomic mass is 9.84. The van der Waals surface area contributed by atoms with Crippen molar-refractivity contribution >= 4 is 23.5 Å². The molecule has 0 aliphatic carbocycles. The Bertz CT molecular complexity index is 1070. The van der Waals surface area contributed by atoms with Gasteiger partial charge in [-0.3, -0.25) is 4.90 Å². The van der Waals surface area contributed by atoms with Crippen LogP contribution in [-0.4, -0.2) is 91.0 Å². The summed E-state index contributed by atoms with van der Waals surface area (Å²) in [6.45, 7) is 5.71. The van der Waals surface area contributed by atoms with E-state index in [0.29, 0.717) is 55.2 Å². The average Bonchev–Trinajstić information content (AvgIpc) is 3.38. The maximum Gasteiger partial charge on any atom is 0.320 e. The van der Waals surface area contributed by atoms with Gasteiger partial charge in [0, 0.05) is 61.7 Å². The molecular formula is C25H33FN6O3. The number of hydrogen-bond acceptors (Lipinski definition) is 9. The largest absolute Gasteiger partial charge is 0.467 e. The van der Waals surface area contributed by atoms with Gasteiger partial charge in [0.25, 0.3) is 0 Å². The van der Waals surface area contributed by atoms with Gasteiger partial charge in [0.2, 0.25) is 0 Å². The maximum absolute atomic E-state index is 15.5. The fraction of sp³-hybridized carbons (Fsp3) is 0.560. The van der Waals surface area contributed by atoms with Crippen LogP contribution in [0.25, 0.3) is 0 Å². The number of likely N-dealkylation sites (tertiary alicyclic amines) is 1. The number of hydrogen-bond donors (Lipinski definition) is 3. The SMILES string of the molecule is COc1nc(Nc2cc(C3CCN(C4CCOC4)CC3F)c(C)cc2C=N)cc(N2CC(O)C2)n1. The smallest absolute Gasteiger partial charge is 0.320 e. The first-order valence-electron chi connectivity index (χ1n) is 12.2. The third kappa shape index (κ3) is 4.96. The molecule has 9 nitrogen and oxygen atoms in total. The maximum atomic E-state index is 15.5. The average molecular weight is 485 g/mol. The number of anilines is 3. The molecule has 35 heavy (non-hydrogen) atoms. The number of alkyl halides is 1. The third-order valence-corrected chi connectivity index (χ3v) is 7.31. The number of aliphatic hydroxyl groups excluding tert-OH is 1. The van der Waals surface area contributed by atoms with E-state index >= 15 is 4.39 Å². The Balaban J connectivity index is 1.39. The van der Waals surface area contributed by atoms with E-state index in [9.17, 15) is 5.11 Å². The van der Waals surface area contributed by atoms with Crippen molar-refractivity contribution in [3.8, 4) is 6.01 Å². The molecule has 0 saturated carbocycles. The number of nitrogens with one attached hydrogen (secondary N) is 2. The lowest BCUT2D eigenvalue weighted by Gasteiger charge is -2.38. The van der Waals surface area contributed by atoms with Crippen molar-refractivity contribution in [2.75, 3.05) is 56.7 Å². The summed E-state index contributed by atoms with van der Waals surface area (Å²) in [6.07, 6.45) is 1.67. The molecule has 10 heteroatoms. The van der Waals surface area contributed by atoms with Crippen molar-refractivity contribution in [1.82, 2.24) is 14.9 Å². The van der Waals surface area contributed by atoms with E-state index in [-0.39, 0.29) is 18.0 Å². The molecule has 3 fully saturated rings. The van der Waals surface area contributed by atoms with Gasteiger partial charge in [-0.1, -0.05) is 0 Å². The van der Waals surface area contributed by atoms with Crippen molar-refractivity contribution in [3.63, 3.8) is 0 Å². The van der Waals surface area contributed by atoms with E-state index in [2.05, 4.69) is 20.2 Å². The zero-order valence-electron chi connectivity index (χ0n) is 20.2. The number of β-amino-alcohol motifs (C(OH)–C–C–N with tert-alkyl or cyclic N) is 1. The highest BCUT2D eigenvalue weighted by molar-refractivity contribution is 5.88. The topological polar surface area (TPSA) is 107 Å². The summed E-state index contributed by atoms with van der Waals surface area (Å²) >= 11 is 0. The van der Waals surface area contributed by atoms with Gasteiger partial charge < -0.3 is 30.2 Å². The van der Waals surface area contributed by atoms with Crippen LogP contribution in [0.2, 0.25) is 0 Å². The van der Waals surface area contributed by atoms with Crippen molar-refractivity contribution in [2.45, 2.75) is 44.0 Å². The molecule has 3 aliphatic rings. The van der Waals surface area contributed by atoms with Crippen LogP contribution in [0.4, 0.5) is 21.7 Å². The minimum Gasteiger partial charge on any atom is -0.467 e. The molecule has 3 aliphatic heterocycles. The number of rotatable bonds is 7. The van der Waals surface area contributed by atoms with Crippen LogP contribution in [0.15, 0.2) is 18.2 Å². The lowest BCUT2D eigenvalue weighted by Crippen LogP contribution is -2.51. The first kappa shape index (κ1) is 23.9. The molecule has 1 aromatic heterocycles. The second-order valence-corrected chi connectivity index (χ2v) is 9.65. The van der Waals surface area contributed by atoms with Crippen LogP contribution in [0.3, 0.4) is 0 Å². The van der Waals surface area contributed by atoms with E-state index in [1.54, 1.807) is 6.07 Å². The van der Waals surface area contributed by atoms with Crippen LogP contribution in [-0.2, 0) is 4.74 Å². The Morgan fingerprint density at radius 1 is 1.23 bits per heavy atom. The first-order chi connectivity index (χ1) is 16.9. The van der Waals surface area contributed by atoms with Crippen LogP contribution in [0.5, 0.6) is 6.01 Å². The molecule has 3 N–H and O–H groups in total. The highest BCUT2D eigenvalue weighted by Crippen LogP contribution is 2.37. The van der Waals surface area contributed by atoms with E-state index < -0.39 is 6.17 Å². The third-order valence-electron chi connectivity index (χ3n) is 7.31. The molecule has 3 unspecified atom stereocenters. The van der Waals surface area contributed by atoms with Crippen molar-refractivity contribution in [3.05, 3.63) is 34.9 Å². The number of ether oxygens (including phenoxy) is 2. The summed E-state index contributed by atoms with van der Waals surface area (Å²) in [5.74, 6) is 0.964. The molecular weight excluding hydrogens is 451 g/mol. The lowest BCUT2D eigenvalue weighted by molar-refractivity contribution is 0.0728. The molecule has 5 rings (SSSR count). The molecule has 2 aromatic rings. The predicted octanol–water partition coefficient (Wildman–Crippen LogP) is 2.63. The number of benzene rings is 1. The quantitative estimate of drug-likeness (QED) is 0.515. The zero-order valence-corrected chi connectivity index (χ0v) is 20.2. The highest BCUT2D eigenvalue weighted by atomic mass is 19.1. The number of aliphatic hydroxyl groups is 1. The second-order valence-electron chi connectivity index (χ2n) is 9.65. The van der Waals surface area contributed by atoms with Crippen LogP contribution in [0.1, 0.15) is 35.4 Å². The number of piperidine rings is 1. The van der Waals surface area contributed by atoms with Gasteiger partial charge in [-0.05, 0) is 49.6 Å². The van der Waals surface area contributed by atoms with E-state index in [0.717, 1.165) is 37.1 Å². The molecule has 3 saturated heterocycles. The van der Waals surface area contributed by atoms with Crippen LogP contribution < -0.4 is 15.0 Å². The highest BCUT2D eigenvalue weighted by Gasteiger charge is 2.35. The van der Waals surface area contributed by atoms with Crippen molar-refractivity contribution in [1.29, 1.82) is 5.41 Å². The summed E-state index contributed by atoms with van der Waals surface area (Å²) < 4.78 is 26.2. The van der Waals surface area contributed by atoms with E-state index in [1.165, 1.54) is 13.3 Å². The van der Waals surface area contributed by atoms with Gasteiger partial charge in [-0.15, -0.1) is 0 Å².